The van der Waals surface area contributed by atoms with Gasteiger partial charge in [-0.2, -0.15) is 4.80 Å². The first-order valence-corrected chi connectivity index (χ1v) is 8.70. The molecule has 4 heterocycles. The van der Waals surface area contributed by atoms with Crippen molar-refractivity contribution in [1.29, 1.82) is 0 Å². The fourth-order valence-electron chi connectivity index (χ4n) is 2.50. The van der Waals surface area contributed by atoms with Crippen molar-refractivity contribution in [3.63, 3.8) is 0 Å². The summed E-state index contributed by atoms with van der Waals surface area (Å²) in [4.78, 5) is 18.0. The van der Waals surface area contributed by atoms with E-state index >= 15 is 0 Å². The Morgan fingerprint density at radius 1 is 1.27 bits per heavy atom. The van der Waals surface area contributed by atoms with Crippen LogP contribution in [0.2, 0.25) is 0 Å². The Bertz CT molecular complexity index is 792. The average molecular weight is 331 g/mol. The van der Waals surface area contributed by atoms with Gasteiger partial charge in [-0.25, -0.2) is 0 Å². The predicted molar refractivity (Wildman–Crippen MR) is 84.6 cm³/mol. The van der Waals surface area contributed by atoms with E-state index < -0.39 is 0 Å². The molecule has 0 aliphatic carbocycles. The maximum absolute atomic E-state index is 12.4. The Hall–Kier alpha value is -2.06. The van der Waals surface area contributed by atoms with Gasteiger partial charge in [-0.3, -0.25) is 4.79 Å². The van der Waals surface area contributed by atoms with Crippen molar-refractivity contribution in [3.8, 4) is 10.7 Å². The lowest BCUT2D eigenvalue weighted by atomic mass is 10.1. The van der Waals surface area contributed by atoms with Gasteiger partial charge in [-0.05, 0) is 40.1 Å². The second kappa shape index (κ2) is 5.62. The molecule has 0 aromatic carbocycles. The van der Waals surface area contributed by atoms with Crippen molar-refractivity contribution >= 4 is 28.6 Å². The van der Waals surface area contributed by atoms with E-state index in [-0.39, 0.29) is 12.5 Å². The van der Waals surface area contributed by atoms with Gasteiger partial charge in [-0.15, -0.1) is 32.9 Å². The van der Waals surface area contributed by atoms with E-state index in [1.165, 1.54) is 15.2 Å². The molecule has 0 fully saturated rings. The lowest BCUT2D eigenvalue weighted by molar-refractivity contribution is -0.133. The number of aromatic nitrogens is 4. The highest BCUT2D eigenvalue weighted by Crippen LogP contribution is 2.24. The highest BCUT2D eigenvalue weighted by molar-refractivity contribution is 7.13. The minimum atomic E-state index is 0.0342. The van der Waals surface area contributed by atoms with Gasteiger partial charge in [0.05, 0.1) is 4.88 Å². The predicted octanol–water partition coefficient (Wildman–Crippen LogP) is 2.05. The number of tetrazole rings is 1. The molecule has 0 N–H and O–H groups in total. The summed E-state index contributed by atoms with van der Waals surface area (Å²) in [5.41, 5.74) is 1.26. The van der Waals surface area contributed by atoms with Crippen molar-refractivity contribution in [2.24, 2.45) is 0 Å². The molecule has 4 rings (SSSR count). The summed E-state index contributed by atoms with van der Waals surface area (Å²) >= 11 is 3.33. The molecule has 0 radical (unpaired) electrons. The molecule has 6 nitrogen and oxygen atoms in total. The molecule has 3 aromatic heterocycles. The molecule has 22 heavy (non-hydrogen) atoms. The fourth-order valence-corrected chi connectivity index (χ4v) is 4.03. The van der Waals surface area contributed by atoms with E-state index in [4.69, 9.17) is 0 Å². The lowest BCUT2D eigenvalue weighted by Crippen LogP contribution is -2.37. The molecule has 0 saturated heterocycles. The van der Waals surface area contributed by atoms with Crippen LogP contribution in [0, 0.1) is 0 Å². The zero-order valence-electron chi connectivity index (χ0n) is 11.7. The lowest BCUT2D eigenvalue weighted by Gasteiger charge is -2.26. The number of hydrogen-bond acceptors (Lipinski definition) is 6. The van der Waals surface area contributed by atoms with Crippen LogP contribution in [-0.2, 0) is 24.3 Å². The highest BCUT2D eigenvalue weighted by Gasteiger charge is 2.22. The molecule has 8 heteroatoms. The SMILES string of the molecule is O=C(Cn1nnc(-c2cccs2)n1)N1CCc2sccc2C1. The summed E-state index contributed by atoms with van der Waals surface area (Å²) in [6.07, 6.45) is 0.934. The summed E-state index contributed by atoms with van der Waals surface area (Å²) in [5.74, 6) is 0.605. The van der Waals surface area contributed by atoms with Gasteiger partial charge in [0, 0.05) is 18.0 Å². The van der Waals surface area contributed by atoms with E-state index in [1.807, 2.05) is 22.4 Å². The maximum Gasteiger partial charge on any atom is 0.246 e. The number of rotatable bonds is 3. The standard InChI is InChI=1S/C14H13N5OS2/c20-13(18-5-3-11-10(8-18)4-7-22-11)9-19-16-14(15-17-19)12-2-1-6-21-12/h1-2,4,6-7H,3,5,8-9H2. The van der Waals surface area contributed by atoms with Crippen LogP contribution in [0.5, 0.6) is 0 Å². The van der Waals surface area contributed by atoms with Crippen LogP contribution in [0.1, 0.15) is 10.4 Å². The molecule has 0 saturated carbocycles. The Labute approximate surface area is 135 Å². The number of carbonyl (C=O) groups excluding carboxylic acids is 1. The van der Waals surface area contributed by atoms with Crippen LogP contribution in [0.4, 0.5) is 0 Å². The molecule has 0 bridgehead atoms. The Morgan fingerprint density at radius 2 is 2.23 bits per heavy atom. The van der Waals surface area contributed by atoms with Gasteiger partial charge in [-0.1, -0.05) is 6.07 Å². The van der Waals surface area contributed by atoms with Crippen LogP contribution < -0.4 is 0 Å². The van der Waals surface area contributed by atoms with Gasteiger partial charge in [0.1, 0.15) is 6.54 Å². The number of carbonyl (C=O) groups is 1. The van der Waals surface area contributed by atoms with Crippen molar-refractivity contribution < 1.29 is 4.79 Å². The number of fused-ring (bicyclic) bond motifs is 1. The molecule has 0 atom stereocenters. The van der Waals surface area contributed by atoms with E-state index in [0.29, 0.717) is 12.4 Å². The maximum atomic E-state index is 12.4. The monoisotopic (exact) mass is 331 g/mol. The largest absolute Gasteiger partial charge is 0.336 e. The van der Waals surface area contributed by atoms with Gasteiger partial charge in [0.2, 0.25) is 11.7 Å². The van der Waals surface area contributed by atoms with Crippen LogP contribution >= 0.6 is 22.7 Å². The number of thiophene rings is 2. The van der Waals surface area contributed by atoms with E-state index in [1.54, 1.807) is 22.7 Å². The summed E-state index contributed by atoms with van der Waals surface area (Å²) < 4.78 is 0. The second-order valence-electron chi connectivity index (χ2n) is 5.06. The molecule has 1 amide bonds. The summed E-state index contributed by atoms with van der Waals surface area (Å²) in [6.45, 7) is 1.58. The first-order chi connectivity index (χ1) is 10.8. The second-order valence-corrected chi connectivity index (χ2v) is 7.00. The first-order valence-electron chi connectivity index (χ1n) is 6.94. The minimum absolute atomic E-state index is 0.0342. The number of amides is 1. The Balaban J connectivity index is 1.44. The molecule has 1 aliphatic rings. The van der Waals surface area contributed by atoms with Crippen LogP contribution in [0.25, 0.3) is 10.7 Å². The van der Waals surface area contributed by atoms with Crippen LogP contribution in [0.3, 0.4) is 0 Å². The fraction of sp³-hybridized carbons (Fsp3) is 0.286. The summed E-state index contributed by atoms with van der Waals surface area (Å²) in [6, 6.07) is 5.98. The topological polar surface area (TPSA) is 63.9 Å². The van der Waals surface area contributed by atoms with Gasteiger partial charge in [0.25, 0.3) is 0 Å². The van der Waals surface area contributed by atoms with Crippen molar-refractivity contribution in [3.05, 3.63) is 39.4 Å². The smallest absolute Gasteiger partial charge is 0.246 e. The zero-order chi connectivity index (χ0) is 14.9. The van der Waals surface area contributed by atoms with Crippen LogP contribution in [-0.4, -0.2) is 37.6 Å². The normalized spacial score (nSPS) is 14.1. The zero-order valence-corrected chi connectivity index (χ0v) is 13.3. The molecule has 1 aliphatic heterocycles. The average Bonchev–Trinajstić information content (AvgIpc) is 3.27. The third kappa shape index (κ3) is 2.55. The van der Waals surface area contributed by atoms with Crippen LogP contribution in [0.15, 0.2) is 29.0 Å². The van der Waals surface area contributed by atoms with E-state index in [2.05, 4.69) is 26.9 Å². The Morgan fingerprint density at radius 3 is 3.09 bits per heavy atom. The van der Waals surface area contributed by atoms with Crippen molar-refractivity contribution in [2.75, 3.05) is 6.54 Å². The summed E-state index contributed by atoms with van der Waals surface area (Å²) in [7, 11) is 0. The molecule has 0 unspecified atom stereocenters. The van der Waals surface area contributed by atoms with Gasteiger partial charge >= 0.3 is 0 Å². The van der Waals surface area contributed by atoms with Gasteiger partial charge in [0.15, 0.2) is 0 Å². The minimum Gasteiger partial charge on any atom is -0.336 e. The number of nitrogens with zero attached hydrogens (tertiary/aromatic N) is 5. The van der Waals surface area contributed by atoms with Gasteiger partial charge < -0.3 is 4.90 Å². The third-order valence-corrected chi connectivity index (χ3v) is 5.52. The van der Waals surface area contributed by atoms with Crippen molar-refractivity contribution in [2.45, 2.75) is 19.5 Å². The van der Waals surface area contributed by atoms with Crippen molar-refractivity contribution in [1.82, 2.24) is 25.1 Å². The molecule has 112 valence electrons. The quantitative estimate of drug-likeness (QED) is 0.737. The molecule has 0 spiro atoms. The highest BCUT2D eigenvalue weighted by atomic mass is 32.1. The number of hydrogen-bond donors (Lipinski definition) is 0. The molecular weight excluding hydrogens is 318 g/mol. The van der Waals surface area contributed by atoms with E-state index in [9.17, 15) is 4.79 Å². The molecular formula is C14H13N5OS2. The third-order valence-electron chi connectivity index (χ3n) is 3.63. The summed E-state index contributed by atoms with van der Waals surface area (Å²) in [5, 5.41) is 16.3. The molecule has 3 aromatic rings. The first kappa shape index (κ1) is 13.6. The Kier molecular flexibility index (Phi) is 3.47. The van der Waals surface area contributed by atoms with E-state index in [0.717, 1.165) is 17.8 Å².